The molecule has 0 saturated carbocycles. The molecule has 1 amide bonds. The Hall–Kier alpha value is -2.11. The molecule has 0 unspecified atom stereocenters. The molecule has 7 heteroatoms. The summed E-state index contributed by atoms with van der Waals surface area (Å²) >= 11 is 12.0. The lowest BCUT2D eigenvalue weighted by Crippen LogP contribution is -2.22. The molecule has 0 bridgehead atoms. The van der Waals surface area contributed by atoms with E-state index in [1.54, 1.807) is 36.4 Å². The lowest BCUT2D eigenvalue weighted by Gasteiger charge is -2.14. The monoisotopic (exact) mass is 354 g/mol. The zero-order valence-electron chi connectivity index (χ0n) is 12.7. The van der Waals surface area contributed by atoms with Crippen LogP contribution in [0.1, 0.15) is 0 Å². The molecule has 23 heavy (non-hydrogen) atoms. The molecule has 0 fully saturated rings. The molecule has 0 aliphatic heterocycles. The highest BCUT2D eigenvalue weighted by atomic mass is 35.5. The van der Waals surface area contributed by atoms with Crippen LogP contribution in [0.3, 0.4) is 0 Å². The average molecular weight is 355 g/mol. The highest BCUT2D eigenvalue weighted by Crippen LogP contribution is 2.35. The van der Waals surface area contributed by atoms with E-state index in [2.05, 4.69) is 10.6 Å². The highest BCUT2D eigenvalue weighted by molar-refractivity contribution is 6.33. The lowest BCUT2D eigenvalue weighted by atomic mass is 10.2. The first kappa shape index (κ1) is 17.2. The first-order valence-electron chi connectivity index (χ1n) is 6.75. The summed E-state index contributed by atoms with van der Waals surface area (Å²) in [5.74, 6) is 0.761. The van der Waals surface area contributed by atoms with Gasteiger partial charge >= 0.3 is 0 Å². The molecule has 0 radical (unpaired) electrons. The number of benzene rings is 2. The third-order valence-electron chi connectivity index (χ3n) is 3.06. The molecular formula is C16H16Cl2N2O3. The summed E-state index contributed by atoms with van der Waals surface area (Å²) in [5.41, 5.74) is 1.16. The van der Waals surface area contributed by atoms with Crippen LogP contribution in [0.4, 0.5) is 11.4 Å². The van der Waals surface area contributed by atoms with Gasteiger partial charge in [-0.25, -0.2) is 0 Å². The van der Waals surface area contributed by atoms with E-state index in [-0.39, 0.29) is 12.5 Å². The second-order valence-corrected chi connectivity index (χ2v) is 5.38. The second-order valence-electron chi connectivity index (χ2n) is 4.57. The number of halogens is 2. The molecule has 122 valence electrons. The fraction of sp³-hybridized carbons (Fsp3) is 0.188. The number of carbonyl (C=O) groups is 1. The molecule has 2 aromatic carbocycles. The lowest BCUT2D eigenvalue weighted by molar-refractivity contribution is -0.114. The number of hydrogen-bond donors (Lipinski definition) is 2. The Morgan fingerprint density at radius 3 is 2.35 bits per heavy atom. The third-order valence-corrected chi connectivity index (χ3v) is 3.69. The van der Waals surface area contributed by atoms with Crippen molar-refractivity contribution in [3.8, 4) is 11.5 Å². The van der Waals surface area contributed by atoms with E-state index in [1.165, 1.54) is 14.2 Å². The van der Waals surface area contributed by atoms with Gasteiger partial charge in [0, 0.05) is 12.1 Å². The molecule has 0 heterocycles. The minimum atomic E-state index is -0.242. The minimum Gasteiger partial charge on any atom is -0.495 e. The number of carbonyl (C=O) groups excluding carboxylic acids is 1. The van der Waals surface area contributed by atoms with Crippen LogP contribution in [-0.2, 0) is 4.79 Å². The van der Waals surface area contributed by atoms with Crippen molar-refractivity contribution in [2.24, 2.45) is 0 Å². The highest BCUT2D eigenvalue weighted by Gasteiger charge is 2.11. The van der Waals surface area contributed by atoms with Crippen LogP contribution < -0.4 is 20.1 Å². The van der Waals surface area contributed by atoms with Gasteiger partial charge in [0.1, 0.15) is 11.5 Å². The van der Waals surface area contributed by atoms with Crippen molar-refractivity contribution < 1.29 is 14.3 Å². The zero-order valence-corrected chi connectivity index (χ0v) is 14.2. The van der Waals surface area contributed by atoms with Gasteiger partial charge in [-0.05, 0) is 12.1 Å². The Kier molecular flexibility index (Phi) is 5.96. The molecule has 2 rings (SSSR count). The second kappa shape index (κ2) is 7.94. The van der Waals surface area contributed by atoms with E-state index in [0.717, 1.165) is 0 Å². The van der Waals surface area contributed by atoms with Gasteiger partial charge in [0.2, 0.25) is 5.91 Å². The Bertz CT molecular complexity index is 708. The van der Waals surface area contributed by atoms with E-state index in [1.807, 2.05) is 0 Å². The van der Waals surface area contributed by atoms with Crippen LogP contribution in [0.25, 0.3) is 0 Å². The van der Waals surface area contributed by atoms with Gasteiger partial charge in [-0.3, -0.25) is 4.79 Å². The van der Waals surface area contributed by atoms with Gasteiger partial charge in [-0.1, -0.05) is 35.3 Å². The van der Waals surface area contributed by atoms with Crippen LogP contribution in [-0.4, -0.2) is 26.7 Å². The van der Waals surface area contributed by atoms with E-state index in [4.69, 9.17) is 32.7 Å². The van der Waals surface area contributed by atoms with Crippen molar-refractivity contribution >= 4 is 40.5 Å². The molecule has 2 N–H and O–H groups in total. The number of para-hydroxylation sites is 1. The summed E-state index contributed by atoms with van der Waals surface area (Å²) in [4.78, 5) is 12.0. The number of hydrogen-bond acceptors (Lipinski definition) is 4. The van der Waals surface area contributed by atoms with E-state index >= 15 is 0 Å². The van der Waals surface area contributed by atoms with Crippen molar-refractivity contribution in [2.45, 2.75) is 0 Å². The predicted octanol–water partition coefficient (Wildman–Crippen LogP) is 4.06. The Morgan fingerprint density at radius 1 is 1.00 bits per heavy atom. The summed E-state index contributed by atoms with van der Waals surface area (Å²) in [6, 6.07) is 10.3. The largest absolute Gasteiger partial charge is 0.495 e. The quantitative estimate of drug-likeness (QED) is 0.820. The van der Waals surface area contributed by atoms with Crippen LogP contribution in [0.15, 0.2) is 36.4 Å². The predicted molar refractivity (Wildman–Crippen MR) is 93.1 cm³/mol. The van der Waals surface area contributed by atoms with E-state index in [9.17, 15) is 4.79 Å². The number of anilines is 2. The molecule has 0 aliphatic rings. The standard InChI is InChI=1S/C16H16Cl2N2O3/c1-22-14-8-13(15(23-2)7-11(14)18)19-9-16(21)20-12-6-4-3-5-10(12)17/h3-8,19H,9H2,1-2H3,(H,20,21). The SMILES string of the molecule is COc1cc(NCC(=O)Nc2ccccc2Cl)c(OC)cc1Cl. The normalized spacial score (nSPS) is 10.1. The van der Waals surface area contributed by atoms with Crippen molar-refractivity contribution in [1.29, 1.82) is 0 Å². The van der Waals surface area contributed by atoms with Crippen molar-refractivity contribution in [3.63, 3.8) is 0 Å². The number of methoxy groups -OCH3 is 2. The van der Waals surface area contributed by atoms with E-state index < -0.39 is 0 Å². The maximum atomic E-state index is 12.0. The fourth-order valence-corrected chi connectivity index (χ4v) is 2.34. The van der Waals surface area contributed by atoms with Gasteiger partial charge in [-0.15, -0.1) is 0 Å². The topological polar surface area (TPSA) is 59.6 Å². The number of rotatable bonds is 6. The molecule has 0 aliphatic carbocycles. The van der Waals surface area contributed by atoms with Gasteiger partial charge in [0.25, 0.3) is 0 Å². The average Bonchev–Trinajstić information content (AvgIpc) is 2.55. The smallest absolute Gasteiger partial charge is 0.243 e. The van der Waals surface area contributed by atoms with E-state index in [0.29, 0.717) is 32.9 Å². The van der Waals surface area contributed by atoms with Gasteiger partial charge in [0.05, 0.1) is 42.2 Å². The fourth-order valence-electron chi connectivity index (χ4n) is 1.93. The van der Waals surface area contributed by atoms with Crippen molar-refractivity contribution in [1.82, 2.24) is 0 Å². The third kappa shape index (κ3) is 4.43. The zero-order chi connectivity index (χ0) is 16.8. The minimum absolute atomic E-state index is 0.0341. The summed E-state index contributed by atoms with van der Waals surface area (Å²) in [6.45, 7) is 0.0341. The Morgan fingerprint density at radius 2 is 1.70 bits per heavy atom. The summed E-state index contributed by atoms with van der Waals surface area (Å²) in [6.07, 6.45) is 0. The molecule has 0 saturated heterocycles. The summed E-state index contributed by atoms with van der Waals surface area (Å²) < 4.78 is 10.4. The molecular weight excluding hydrogens is 339 g/mol. The molecule has 0 spiro atoms. The number of ether oxygens (including phenoxy) is 2. The maximum absolute atomic E-state index is 12.0. The first-order chi connectivity index (χ1) is 11.0. The molecule has 0 atom stereocenters. The van der Waals surface area contributed by atoms with Crippen LogP contribution >= 0.6 is 23.2 Å². The summed E-state index contributed by atoms with van der Waals surface area (Å²) in [5, 5.41) is 6.62. The van der Waals surface area contributed by atoms with Crippen LogP contribution in [0.2, 0.25) is 10.0 Å². The van der Waals surface area contributed by atoms with Gasteiger partial charge in [-0.2, -0.15) is 0 Å². The van der Waals surface area contributed by atoms with Gasteiger partial charge < -0.3 is 20.1 Å². The Labute approximate surface area is 144 Å². The van der Waals surface area contributed by atoms with Crippen molar-refractivity contribution in [2.75, 3.05) is 31.4 Å². The molecule has 0 aromatic heterocycles. The maximum Gasteiger partial charge on any atom is 0.243 e. The molecule has 5 nitrogen and oxygen atoms in total. The van der Waals surface area contributed by atoms with Crippen LogP contribution in [0, 0.1) is 0 Å². The number of nitrogens with one attached hydrogen (secondary N) is 2. The van der Waals surface area contributed by atoms with Crippen LogP contribution in [0.5, 0.6) is 11.5 Å². The molecule has 2 aromatic rings. The summed E-state index contributed by atoms with van der Waals surface area (Å²) in [7, 11) is 3.04. The van der Waals surface area contributed by atoms with Crippen molar-refractivity contribution in [3.05, 3.63) is 46.4 Å². The Balaban J connectivity index is 2.05. The number of amides is 1. The first-order valence-corrected chi connectivity index (χ1v) is 7.50. The van der Waals surface area contributed by atoms with Gasteiger partial charge in [0.15, 0.2) is 0 Å².